The highest BCUT2D eigenvalue weighted by Crippen LogP contribution is 2.31. The van der Waals surface area contributed by atoms with Crippen LogP contribution in [0.4, 0.5) is 5.69 Å². The summed E-state index contributed by atoms with van der Waals surface area (Å²) in [4.78, 5) is 29.4. The molecule has 1 saturated heterocycles. The Morgan fingerprint density at radius 1 is 1.03 bits per heavy atom. The number of piperidine rings is 1. The molecular formula is C24H28N2O3. The largest absolute Gasteiger partial charge is 0.484 e. The molecule has 0 aromatic heterocycles. The second-order valence-corrected chi connectivity index (χ2v) is 7.98. The van der Waals surface area contributed by atoms with Crippen molar-refractivity contribution in [2.24, 2.45) is 5.92 Å². The molecule has 5 nitrogen and oxygen atoms in total. The van der Waals surface area contributed by atoms with Crippen molar-refractivity contribution < 1.29 is 14.3 Å². The van der Waals surface area contributed by atoms with Crippen LogP contribution in [0.3, 0.4) is 0 Å². The minimum atomic E-state index is -0.0152. The van der Waals surface area contributed by atoms with Crippen LogP contribution in [0.25, 0.3) is 0 Å². The van der Waals surface area contributed by atoms with Crippen LogP contribution in [0, 0.1) is 12.8 Å². The zero-order valence-electron chi connectivity index (χ0n) is 17.0. The maximum absolute atomic E-state index is 13.2. The molecule has 152 valence electrons. The van der Waals surface area contributed by atoms with E-state index in [9.17, 15) is 9.59 Å². The lowest BCUT2D eigenvalue weighted by Gasteiger charge is -2.36. The minimum Gasteiger partial charge on any atom is -0.484 e. The van der Waals surface area contributed by atoms with Crippen molar-refractivity contribution in [2.75, 3.05) is 31.1 Å². The number of nitrogens with zero attached hydrogens (tertiary/aromatic N) is 2. The Kier molecular flexibility index (Phi) is 5.84. The fraction of sp³-hybridized carbons (Fsp3) is 0.417. The average Bonchev–Trinajstić information content (AvgIpc) is 2.77. The molecule has 0 unspecified atom stereocenters. The number of aryl methyl sites for hydroxylation is 2. The molecule has 2 heterocycles. The van der Waals surface area contributed by atoms with E-state index in [0.29, 0.717) is 31.7 Å². The number of carbonyl (C=O) groups is 2. The molecule has 5 heteroatoms. The summed E-state index contributed by atoms with van der Waals surface area (Å²) in [6, 6.07) is 15.7. The number of para-hydroxylation sites is 1. The molecule has 0 bridgehead atoms. The second-order valence-electron chi connectivity index (χ2n) is 7.98. The van der Waals surface area contributed by atoms with Gasteiger partial charge < -0.3 is 14.5 Å². The molecule has 2 amide bonds. The number of fused-ring (bicyclic) bond motifs is 1. The molecule has 2 aliphatic heterocycles. The first-order valence-electron chi connectivity index (χ1n) is 10.5. The highest BCUT2D eigenvalue weighted by molar-refractivity contribution is 5.96. The molecule has 2 aromatic carbocycles. The van der Waals surface area contributed by atoms with Gasteiger partial charge in [-0.3, -0.25) is 9.59 Å². The molecule has 0 saturated carbocycles. The molecule has 29 heavy (non-hydrogen) atoms. The van der Waals surface area contributed by atoms with Crippen molar-refractivity contribution in [1.29, 1.82) is 0 Å². The van der Waals surface area contributed by atoms with E-state index in [-0.39, 0.29) is 24.3 Å². The van der Waals surface area contributed by atoms with E-state index in [4.69, 9.17) is 4.74 Å². The molecule has 0 spiro atoms. The third kappa shape index (κ3) is 4.44. The molecule has 0 atom stereocenters. The molecule has 0 aliphatic carbocycles. The van der Waals surface area contributed by atoms with Crippen LogP contribution in [0.1, 0.15) is 30.4 Å². The normalized spacial score (nSPS) is 17.0. The van der Waals surface area contributed by atoms with Gasteiger partial charge in [0.05, 0.1) is 0 Å². The summed E-state index contributed by atoms with van der Waals surface area (Å²) < 4.78 is 5.57. The highest BCUT2D eigenvalue weighted by atomic mass is 16.5. The van der Waals surface area contributed by atoms with Gasteiger partial charge in [0.25, 0.3) is 5.91 Å². The van der Waals surface area contributed by atoms with Crippen LogP contribution in [0.2, 0.25) is 0 Å². The maximum Gasteiger partial charge on any atom is 0.260 e. The predicted molar refractivity (Wildman–Crippen MR) is 113 cm³/mol. The Bertz CT molecular complexity index is 873. The van der Waals surface area contributed by atoms with Crippen molar-refractivity contribution in [3.63, 3.8) is 0 Å². The van der Waals surface area contributed by atoms with E-state index in [1.165, 1.54) is 11.1 Å². The summed E-state index contributed by atoms with van der Waals surface area (Å²) in [6.07, 6.45) is 3.48. The lowest BCUT2D eigenvalue weighted by Crippen LogP contribution is -2.46. The van der Waals surface area contributed by atoms with Gasteiger partial charge in [0, 0.05) is 31.2 Å². The van der Waals surface area contributed by atoms with Gasteiger partial charge >= 0.3 is 0 Å². The molecule has 0 radical (unpaired) electrons. The summed E-state index contributed by atoms with van der Waals surface area (Å²) in [5, 5.41) is 0. The Hall–Kier alpha value is -2.82. The van der Waals surface area contributed by atoms with E-state index in [2.05, 4.69) is 25.1 Å². The van der Waals surface area contributed by atoms with Gasteiger partial charge in [-0.1, -0.05) is 35.9 Å². The number of rotatable bonds is 4. The standard InChI is InChI=1S/C24H28N2O3/c1-18-9-10-22-20(16-18)6-5-13-26(22)24(28)19-11-14-25(15-12-19)23(27)17-29-21-7-3-2-4-8-21/h2-4,7-10,16,19H,5-6,11-15,17H2,1H3. The minimum absolute atomic E-state index is 0.0126. The third-order valence-corrected chi connectivity index (χ3v) is 5.92. The number of likely N-dealkylation sites (tertiary alicyclic amines) is 1. The predicted octanol–water partition coefficient (Wildman–Crippen LogP) is 3.59. The number of ether oxygens (including phenoxy) is 1. The number of hydrogen-bond donors (Lipinski definition) is 0. The van der Waals surface area contributed by atoms with E-state index in [1.807, 2.05) is 40.1 Å². The zero-order chi connectivity index (χ0) is 20.2. The maximum atomic E-state index is 13.2. The third-order valence-electron chi connectivity index (χ3n) is 5.92. The van der Waals surface area contributed by atoms with E-state index in [0.717, 1.165) is 25.1 Å². The Morgan fingerprint density at radius 2 is 1.79 bits per heavy atom. The molecule has 2 aromatic rings. The van der Waals surface area contributed by atoms with Gasteiger partial charge in [0.2, 0.25) is 5.91 Å². The van der Waals surface area contributed by atoms with E-state index >= 15 is 0 Å². The van der Waals surface area contributed by atoms with Crippen molar-refractivity contribution in [3.05, 3.63) is 59.7 Å². The molecule has 2 aliphatic rings. The Labute approximate surface area is 172 Å². The summed E-state index contributed by atoms with van der Waals surface area (Å²) >= 11 is 0. The summed E-state index contributed by atoms with van der Waals surface area (Å²) in [7, 11) is 0. The van der Waals surface area contributed by atoms with E-state index in [1.54, 1.807) is 0 Å². The smallest absolute Gasteiger partial charge is 0.260 e. The van der Waals surface area contributed by atoms with Crippen LogP contribution >= 0.6 is 0 Å². The van der Waals surface area contributed by atoms with E-state index < -0.39 is 0 Å². The first kappa shape index (κ1) is 19.5. The average molecular weight is 392 g/mol. The van der Waals surface area contributed by atoms with Crippen molar-refractivity contribution in [3.8, 4) is 5.75 Å². The van der Waals surface area contributed by atoms with Gasteiger partial charge in [-0.15, -0.1) is 0 Å². The first-order chi connectivity index (χ1) is 14.1. The summed E-state index contributed by atoms with van der Waals surface area (Å²) in [6.45, 7) is 4.15. The molecule has 1 fully saturated rings. The number of anilines is 1. The lowest BCUT2D eigenvalue weighted by molar-refractivity contribution is -0.136. The SMILES string of the molecule is Cc1ccc2c(c1)CCCN2C(=O)C1CCN(C(=O)COc2ccccc2)CC1. The number of carbonyl (C=O) groups excluding carboxylic acids is 2. The van der Waals surface area contributed by atoms with Gasteiger partial charge in [-0.05, 0) is 56.4 Å². The summed E-state index contributed by atoms with van der Waals surface area (Å²) in [5.41, 5.74) is 3.58. The quantitative estimate of drug-likeness (QED) is 0.799. The summed E-state index contributed by atoms with van der Waals surface area (Å²) in [5.74, 6) is 0.882. The molecular weight excluding hydrogens is 364 g/mol. The van der Waals surface area contributed by atoms with Crippen molar-refractivity contribution in [1.82, 2.24) is 4.90 Å². The van der Waals surface area contributed by atoms with Crippen molar-refractivity contribution >= 4 is 17.5 Å². The van der Waals surface area contributed by atoms with Gasteiger partial charge in [-0.25, -0.2) is 0 Å². The van der Waals surface area contributed by atoms with Crippen LogP contribution in [-0.4, -0.2) is 43.0 Å². The Morgan fingerprint density at radius 3 is 2.55 bits per heavy atom. The van der Waals surface area contributed by atoms with Crippen LogP contribution in [0.5, 0.6) is 5.75 Å². The fourth-order valence-electron chi connectivity index (χ4n) is 4.30. The Balaban J connectivity index is 1.32. The highest BCUT2D eigenvalue weighted by Gasteiger charge is 2.32. The van der Waals surface area contributed by atoms with Crippen LogP contribution in [-0.2, 0) is 16.0 Å². The number of amides is 2. The molecule has 4 rings (SSSR count). The second kappa shape index (κ2) is 8.68. The van der Waals surface area contributed by atoms with Crippen LogP contribution < -0.4 is 9.64 Å². The monoisotopic (exact) mass is 392 g/mol. The fourth-order valence-corrected chi connectivity index (χ4v) is 4.30. The topological polar surface area (TPSA) is 49.9 Å². The number of benzene rings is 2. The molecule has 0 N–H and O–H groups in total. The van der Waals surface area contributed by atoms with Gasteiger partial charge in [0.15, 0.2) is 6.61 Å². The number of hydrogen-bond acceptors (Lipinski definition) is 3. The van der Waals surface area contributed by atoms with Gasteiger partial charge in [0.1, 0.15) is 5.75 Å². The lowest BCUT2D eigenvalue weighted by atomic mass is 9.92. The zero-order valence-corrected chi connectivity index (χ0v) is 17.0. The van der Waals surface area contributed by atoms with Gasteiger partial charge in [-0.2, -0.15) is 0 Å². The van der Waals surface area contributed by atoms with Crippen LogP contribution in [0.15, 0.2) is 48.5 Å². The first-order valence-corrected chi connectivity index (χ1v) is 10.5. The van der Waals surface area contributed by atoms with Crippen molar-refractivity contribution in [2.45, 2.75) is 32.6 Å².